The molecule has 2 saturated carbocycles. The first-order chi connectivity index (χ1) is 10.6. The summed E-state index contributed by atoms with van der Waals surface area (Å²) in [4.78, 5) is 27.4. The minimum atomic E-state index is -0.702. The van der Waals surface area contributed by atoms with Crippen molar-refractivity contribution in [2.45, 2.75) is 77.2 Å². The highest BCUT2D eigenvalue weighted by molar-refractivity contribution is 6.08. The lowest BCUT2D eigenvalue weighted by Gasteiger charge is -2.33. The van der Waals surface area contributed by atoms with E-state index in [1.54, 1.807) is 0 Å². The van der Waals surface area contributed by atoms with Crippen molar-refractivity contribution >= 4 is 11.8 Å². The molecule has 0 aromatic heterocycles. The van der Waals surface area contributed by atoms with Crippen LogP contribution >= 0.6 is 0 Å². The van der Waals surface area contributed by atoms with Gasteiger partial charge in [-0.2, -0.15) is 0 Å². The first kappa shape index (κ1) is 15.8. The number of amides is 2. The van der Waals surface area contributed by atoms with Crippen LogP contribution in [0.25, 0.3) is 0 Å². The first-order valence-corrected chi connectivity index (χ1v) is 9.22. The highest BCUT2D eigenvalue weighted by Gasteiger charge is 2.58. The van der Waals surface area contributed by atoms with Crippen molar-refractivity contribution in [3.63, 3.8) is 0 Å². The van der Waals surface area contributed by atoms with Gasteiger partial charge in [0.25, 0.3) is 0 Å². The van der Waals surface area contributed by atoms with E-state index in [0.29, 0.717) is 12.0 Å². The molecule has 3 aliphatic rings. The molecule has 4 nitrogen and oxygen atoms in total. The fourth-order valence-corrected chi connectivity index (χ4v) is 3.92. The lowest BCUT2D eigenvalue weighted by molar-refractivity contribution is -0.145. The second kappa shape index (κ2) is 6.59. The van der Waals surface area contributed by atoms with E-state index in [4.69, 9.17) is 0 Å². The maximum Gasteiger partial charge on any atom is 0.238 e. The third-order valence-corrected chi connectivity index (χ3v) is 5.86. The molecule has 2 aliphatic carbocycles. The standard InChI is InChI=1S/C18H30N2O2/c1-14-8-12-20(13-9-14)17(22)18(10-11-18)16(21)19-15-6-4-2-3-5-7-15/h14-15H,2-13H2,1H3,(H,19,21). The number of hydrogen-bond donors (Lipinski definition) is 1. The topological polar surface area (TPSA) is 49.4 Å². The molecule has 22 heavy (non-hydrogen) atoms. The van der Waals surface area contributed by atoms with E-state index in [1.165, 1.54) is 25.7 Å². The minimum Gasteiger partial charge on any atom is -0.352 e. The molecule has 0 radical (unpaired) electrons. The predicted molar refractivity (Wildman–Crippen MR) is 86.3 cm³/mol. The fourth-order valence-electron chi connectivity index (χ4n) is 3.92. The Bertz CT molecular complexity index is 415. The smallest absolute Gasteiger partial charge is 0.238 e. The third-order valence-electron chi connectivity index (χ3n) is 5.86. The molecule has 4 heteroatoms. The maximum absolute atomic E-state index is 12.8. The van der Waals surface area contributed by atoms with Gasteiger partial charge in [0.15, 0.2) is 0 Å². The van der Waals surface area contributed by atoms with Crippen molar-refractivity contribution in [2.75, 3.05) is 13.1 Å². The van der Waals surface area contributed by atoms with Gasteiger partial charge in [0.2, 0.25) is 11.8 Å². The number of nitrogens with one attached hydrogen (secondary N) is 1. The number of likely N-dealkylation sites (tertiary alicyclic amines) is 1. The van der Waals surface area contributed by atoms with Crippen LogP contribution in [0.2, 0.25) is 0 Å². The Balaban J connectivity index is 1.57. The van der Waals surface area contributed by atoms with Crippen LogP contribution in [0.4, 0.5) is 0 Å². The van der Waals surface area contributed by atoms with Gasteiger partial charge in [0.05, 0.1) is 0 Å². The third kappa shape index (κ3) is 3.31. The quantitative estimate of drug-likeness (QED) is 0.644. The summed E-state index contributed by atoms with van der Waals surface area (Å²) >= 11 is 0. The molecule has 2 amide bonds. The van der Waals surface area contributed by atoms with Gasteiger partial charge in [-0.1, -0.05) is 32.6 Å². The Morgan fingerprint density at radius 1 is 0.955 bits per heavy atom. The summed E-state index contributed by atoms with van der Waals surface area (Å²) < 4.78 is 0. The minimum absolute atomic E-state index is 0.0167. The van der Waals surface area contributed by atoms with Crippen molar-refractivity contribution in [3.05, 3.63) is 0 Å². The summed E-state index contributed by atoms with van der Waals surface area (Å²) in [5.74, 6) is 0.826. The van der Waals surface area contributed by atoms with Crippen molar-refractivity contribution in [1.29, 1.82) is 0 Å². The monoisotopic (exact) mass is 306 g/mol. The van der Waals surface area contributed by atoms with Crippen LogP contribution in [0.5, 0.6) is 0 Å². The van der Waals surface area contributed by atoms with E-state index < -0.39 is 5.41 Å². The van der Waals surface area contributed by atoms with Gasteiger partial charge in [-0.3, -0.25) is 9.59 Å². The molecular weight excluding hydrogens is 276 g/mol. The van der Waals surface area contributed by atoms with Gasteiger partial charge in [0.1, 0.15) is 5.41 Å². The molecule has 0 aromatic carbocycles. The fraction of sp³-hybridized carbons (Fsp3) is 0.889. The highest BCUT2D eigenvalue weighted by Crippen LogP contribution is 2.48. The van der Waals surface area contributed by atoms with E-state index in [1.807, 2.05) is 4.90 Å². The van der Waals surface area contributed by atoms with Crippen molar-refractivity contribution in [3.8, 4) is 0 Å². The number of rotatable bonds is 3. The van der Waals surface area contributed by atoms with Crippen LogP contribution in [0.3, 0.4) is 0 Å². The Kier molecular flexibility index (Phi) is 4.74. The van der Waals surface area contributed by atoms with E-state index >= 15 is 0 Å². The van der Waals surface area contributed by atoms with Gasteiger partial charge in [-0.15, -0.1) is 0 Å². The van der Waals surface area contributed by atoms with Gasteiger partial charge < -0.3 is 10.2 Å². The molecule has 1 aliphatic heterocycles. The van der Waals surface area contributed by atoms with Gasteiger partial charge in [0, 0.05) is 19.1 Å². The number of nitrogens with zero attached hydrogens (tertiary/aromatic N) is 1. The van der Waals surface area contributed by atoms with Crippen LogP contribution < -0.4 is 5.32 Å². The molecule has 1 saturated heterocycles. The van der Waals surface area contributed by atoms with Crippen molar-refractivity contribution in [1.82, 2.24) is 10.2 Å². The molecule has 1 N–H and O–H groups in total. The van der Waals surface area contributed by atoms with E-state index in [2.05, 4.69) is 12.2 Å². The van der Waals surface area contributed by atoms with Crippen LogP contribution in [0, 0.1) is 11.3 Å². The van der Waals surface area contributed by atoms with Crippen molar-refractivity contribution in [2.24, 2.45) is 11.3 Å². The molecule has 1 heterocycles. The Labute approximate surface area is 134 Å². The van der Waals surface area contributed by atoms with Crippen molar-refractivity contribution < 1.29 is 9.59 Å². The largest absolute Gasteiger partial charge is 0.352 e. The predicted octanol–water partition coefficient (Wildman–Crippen LogP) is 2.86. The Morgan fingerprint density at radius 3 is 2.09 bits per heavy atom. The Hall–Kier alpha value is -1.06. The Morgan fingerprint density at radius 2 is 1.55 bits per heavy atom. The highest BCUT2D eigenvalue weighted by atomic mass is 16.2. The SMILES string of the molecule is CC1CCN(C(=O)C2(C(=O)NC3CCCCCC3)CC2)CC1. The van der Waals surface area contributed by atoms with E-state index in [0.717, 1.165) is 51.6 Å². The molecule has 0 atom stereocenters. The number of carbonyl (C=O) groups is 2. The molecule has 0 unspecified atom stereocenters. The summed E-state index contributed by atoms with van der Waals surface area (Å²) in [6.07, 6.45) is 10.8. The average Bonchev–Trinajstić information content (AvgIpc) is 3.33. The molecule has 0 bridgehead atoms. The molecule has 3 fully saturated rings. The molecule has 0 aromatic rings. The second-order valence-corrected chi connectivity index (χ2v) is 7.72. The zero-order chi connectivity index (χ0) is 15.6. The van der Waals surface area contributed by atoms with Crippen LogP contribution in [-0.4, -0.2) is 35.8 Å². The summed E-state index contributed by atoms with van der Waals surface area (Å²) in [5.41, 5.74) is -0.702. The molecule has 0 spiro atoms. The van der Waals surface area contributed by atoms with Crippen LogP contribution in [-0.2, 0) is 9.59 Å². The zero-order valence-electron chi connectivity index (χ0n) is 13.9. The van der Waals surface area contributed by atoms with Crippen LogP contribution in [0.1, 0.15) is 71.1 Å². The van der Waals surface area contributed by atoms with Crippen LogP contribution in [0.15, 0.2) is 0 Å². The zero-order valence-corrected chi connectivity index (χ0v) is 13.9. The van der Waals surface area contributed by atoms with Gasteiger partial charge >= 0.3 is 0 Å². The summed E-state index contributed by atoms with van der Waals surface area (Å²) in [6, 6.07) is 0.293. The summed E-state index contributed by atoms with van der Waals surface area (Å²) in [7, 11) is 0. The average molecular weight is 306 g/mol. The number of carbonyl (C=O) groups excluding carboxylic acids is 2. The number of piperidine rings is 1. The number of hydrogen-bond acceptors (Lipinski definition) is 2. The van der Waals surface area contributed by atoms with Gasteiger partial charge in [-0.25, -0.2) is 0 Å². The summed E-state index contributed by atoms with van der Waals surface area (Å²) in [6.45, 7) is 3.91. The van der Waals surface area contributed by atoms with E-state index in [9.17, 15) is 9.59 Å². The van der Waals surface area contributed by atoms with E-state index in [-0.39, 0.29) is 11.8 Å². The normalized spacial score (nSPS) is 26.3. The lowest BCUT2D eigenvalue weighted by atomic mass is 9.96. The van der Waals surface area contributed by atoms with Gasteiger partial charge in [-0.05, 0) is 44.4 Å². The lowest BCUT2D eigenvalue weighted by Crippen LogP contribution is -2.49. The summed E-state index contributed by atoms with van der Waals surface area (Å²) in [5, 5.41) is 3.20. The first-order valence-electron chi connectivity index (χ1n) is 9.22. The molecule has 3 rings (SSSR count). The molecular formula is C18H30N2O2. The maximum atomic E-state index is 12.8. The second-order valence-electron chi connectivity index (χ2n) is 7.72. The molecule has 124 valence electrons.